The summed E-state index contributed by atoms with van der Waals surface area (Å²) < 4.78 is 1.69. The van der Waals surface area contributed by atoms with Gasteiger partial charge >= 0.3 is 5.69 Å². The first-order chi connectivity index (χ1) is 9.11. The maximum atomic E-state index is 11.1. The van der Waals surface area contributed by atoms with Crippen LogP contribution in [-0.2, 0) is 13.6 Å². The maximum absolute atomic E-state index is 11.1. The molecule has 7 heteroatoms. The second kappa shape index (κ2) is 5.38. The van der Waals surface area contributed by atoms with Gasteiger partial charge in [0.1, 0.15) is 11.4 Å². The quantitative estimate of drug-likeness (QED) is 0.635. The summed E-state index contributed by atoms with van der Waals surface area (Å²) in [7, 11) is 3.49. The van der Waals surface area contributed by atoms with Crippen molar-refractivity contribution in [1.82, 2.24) is 9.78 Å². The van der Waals surface area contributed by atoms with Gasteiger partial charge in [-0.3, -0.25) is 14.8 Å². The molecule has 2 N–H and O–H groups in total. The van der Waals surface area contributed by atoms with E-state index in [1.807, 2.05) is 13.2 Å². The molecule has 0 aliphatic heterocycles. The molecule has 19 heavy (non-hydrogen) atoms. The third-order valence-corrected chi connectivity index (χ3v) is 2.73. The Morgan fingerprint density at radius 1 is 1.42 bits per heavy atom. The molecule has 0 amide bonds. The van der Waals surface area contributed by atoms with Gasteiger partial charge in [0.15, 0.2) is 0 Å². The summed E-state index contributed by atoms with van der Waals surface area (Å²) in [4.78, 5) is 10.7. The molecule has 0 unspecified atom stereocenters. The van der Waals surface area contributed by atoms with Gasteiger partial charge in [-0.1, -0.05) is 6.07 Å². The number of hydrogen-bond acceptors (Lipinski definition) is 5. The number of nitro benzene ring substituents is 1. The molecule has 0 radical (unpaired) electrons. The third kappa shape index (κ3) is 2.82. The number of aromatic nitrogens is 2. The van der Waals surface area contributed by atoms with E-state index in [0.717, 1.165) is 5.56 Å². The Bertz CT molecular complexity index is 594. The summed E-state index contributed by atoms with van der Waals surface area (Å²) >= 11 is 0. The van der Waals surface area contributed by atoms with E-state index in [2.05, 4.69) is 15.7 Å². The molecule has 2 aromatic rings. The lowest BCUT2D eigenvalue weighted by molar-refractivity contribution is -0.383. The maximum Gasteiger partial charge on any atom is 0.315 e. The van der Waals surface area contributed by atoms with Crippen LogP contribution in [0.2, 0.25) is 0 Å². The fourth-order valence-corrected chi connectivity index (χ4v) is 1.85. The smallest absolute Gasteiger partial charge is 0.315 e. The molecular weight excluding hydrogens is 246 g/mol. The van der Waals surface area contributed by atoms with E-state index in [0.29, 0.717) is 17.9 Å². The minimum atomic E-state index is -0.391. The fourth-order valence-electron chi connectivity index (χ4n) is 1.85. The fraction of sp³-hybridized carbons (Fsp3) is 0.250. The Hall–Kier alpha value is -2.57. The van der Waals surface area contributed by atoms with E-state index in [4.69, 9.17) is 0 Å². The SMILES string of the molecule is CNc1cccc(NCc2cnn(C)c2)c1[N+](=O)[O-]. The van der Waals surface area contributed by atoms with Crippen molar-refractivity contribution in [3.05, 3.63) is 46.3 Å². The lowest BCUT2D eigenvalue weighted by atomic mass is 10.2. The summed E-state index contributed by atoms with van der Waals surface area (Å²) in [5, 5.41) is 21.1. The van der Waals surface area contributed by atoms with Crippen LogP contribution in [0.15, 0.2) is 30.6 Å². The zero-order valence-corrected chi connectivity index (χ0v) is 10.8. The topological polar surface area (TPSA) is 85.0 Å². The predicted molar refractivity (Wildman–Crippen MR) is 73.2 cm³/mol. The lowest BCUT2D eigenvalue weighted by Crippen LogP contribution is -2.04. The third-order valence-electron chi connectivity index (χ3n) is 2.73. The van der Waals surface area contributed by atoms with Crippen LogP contribution in [0.5, 0.6) is 0 Å². The number of hydrogen-bond donors (Lipinski definition) is 2. The molecule has 0 aliphatic carbocycles. The first-order valence-corrected chi connectivity index (χ1v) is 5.78. The van der Waals surface area contributed by atoms with Gasteiger partial charge < -0.3 is 10.6 Å². The number of nitrogens with one attached hydrogen (secondary N) is 2. The molecule has 1 aromatic carbocycles. The summed E-state index contributed by atoms with van der Waals surface area (Å²) in [5.41, 5.74) is 1.99. The zero-order valence-electron chi connectivity index (χ0n) is 10.8. The Labute approximate surface area is 110 Å². The minimum absolute atomic E-state index is 0.0499. The predicted octanol–water partition coefficient (Wildman–Crippen LogP) is 1.98. The summed E-state index contributed by atoms with van der Waals surface area (Å²) in [5.74, 6) is 0. The zero-order chi connectivity index (χ0) is 13.8. The van der Waals surface area contributed by atoms with Crippen LogP contribution >= 0.6 is 0 Å². The van der Waals surface area contributed by atoms with Crippen LogP contribution in [0.4, 0.5) is 17.1 Å². The van der Waals surface area contributed by atoms with Crippen molar-refractivity contribution in [2.45, 2.75) is 6.54 Å². The van der Waals surface area contributed by atoms with Crippen LogP contribution < -0.4 is 10.6 Å². The molecule has 0 fully saturated rings. The van der Waals surface area contributed by atoms with Crippen LogP contribution in [0.1, 0.15) is 5.56 Å². The second-order valence-corrected chi connectivity index (χ2v) is 4.08. The average Bonchev–Trinajstić information content (AvgIpc) is 2.81. The second-order valence-electron chi connectivity index (χ2n) is 4.08. The number of aryl methyl sites for hydroxylation is 1. The van der Waals surface area contributed by atoms with Gasteiger partial charge in [-0.15, -0.1) is 0 Å². The lowest BCUT2D eigenvalue weighted by Gasteiger charge is -2.09. The minimum Gasteiger partial charge on any atom is -0.382 e. The number of anilines is 2. The molecule has 0 bridgehead atoms. The monoisotopic (exact) mass is 261 g/mol. The van der Waals surface area contributed by atoms with Crippen molar-refractivity contribution in [3.63, 3.8) is 0 Å². The van der Waals surface area contributed by atoms with Gasteiger partial charge in [-0.25, -0.2) is 0 Å². The first kappa shape index (κ1) is 12.9. The molecule has 0 spiro atoms. The van der Waals surface area contributed by atoms with Gasteiger partial charge in [-0.2, -0.15) is 5.10 Å². The van der Waals surface area contributed by atoms with E-state index in [1.165, 1.54) is 0 Å². The van der Waals surface area contributed by atoms with Crippen molar-refractivity contribution >= 4 is 17.1 Å². The van der Waals surface area contributed by atoms with Crippen LogP contribution in [0, 0.1) is 10.1 Å². The molecule has 0 saturated carbocycles. The normalized spacial score (nSPS) is 10.2. The van der Waals surface area contributed by atoms with E-state index in [1.54, 1.807) is 36.1 Å². The Kier molecular flexibility index (Phi) is 3.65. The highest BCUT2D eigenvalue weighted by atomic mass is 16.6. The van der Waals surface area contributed by atoms with Crippen molar-refractivity contribution in [3.8, 4) is 0 Å². The highest BCUT2D eigenvalue weighted by molar-refractivity contribution is 5.75. The largest absolute Gasteiger partial charge is 0.382 e. The Morgan fingerprint density at radius 2 is 2.16 bits per heavy atom. The molecule has 1 heterocycles. The molecule has 100 valence electrons. The molecule has 0 atom stereocenters. The Morgan fingerprint density at radius 3 is 2.74 bits per heavy atom. The van der Waals surface area contributed by atoms with Gasteiger partial charge in [0.25, 0.3) is 0 Å². The van der Waals surface area contributed by atoms with E-state index < -0.39 is 4.92 Å². The van der Waals surface area contributed by atoms with E-state index in [-0.39, 0.29) is 5.69 Å². The summed E-state index contributed by atoms with van der Waals surface area (Å²) in [6, 6.07) is 5.13. The van der Waals surface area contributed by atoms with Gasteiger partial charge in [0.2, 0.25) is 0 Å². The molecule has 7 nitrogen and oxygen atoms in total. The molecular formula is C12H15N5O2. The molecule has 0 saturated heterocycles. The van der Waals surface area contributed by atoms with E-state index >= 15 is 0 Å². The average molecular weight is 261 g/mol. The van der Waals surface area contributed by atoms with E-state index in [9.17, 15) is 10.1 Å². The molecule has 1 aromatic heterocycles. The number of nitro groups is 1. The van der Waals surface area contributed by atoms with Gasteiger partial charge in [0, 0.05) is 32.4 Å². The molecule has 0 aliphatic rings. The number of nitrogens with zero attached hydrogens (tertiary/aromatic N) is 3. The van der Waals surface area contributed by atoms with Crippen LogP contribution in [-0.4, -0.2) is 21.8 Å². The van der Waals surface area contributed by atoms with Gasteiger partial charge in [-0.05, 0) is 12.1 Å². The van der Waals surface area contributed by atoms with Gasteiger partial charge in [0.05, 0.1) is 11.1 Å². The van der Waals surface area contributed by atoms with Crippen LogP contribution in [0.25, 0.3) is 0 Å². The van der Waals surface area contributed by atoms with Crippen molar-refractivity contribution in [1.29, 1.82) is 0 Å². The number of para-hydroxylation sites is 1. The van der Waals surface area contributed by atoms with Crippen molar-refractivity contribution in [2.24, 2.45) is 7.05 Å². The Balaban J connectivity index is 2.22. The number of benzene rings is 1. The highest BCUT2D eigenvalue weighted by Crippen LogP contribution is 2.32. The standard InChI is InChI=1S/C12H15N5O2/c1-13-10-4-3-5-11(12(10)17(18)19)14-6-9-7-15-16(2)8-9/h3-5,7-8,13-14H,6H2,1-2H3. The summed E-state index contributed by atoms with van der Waals surface area (Å²) in [6.07, 6.45) is 3.58. The van der Waals surface area contributed by atoms with Crippen molar-refractivity contribution in [2.75, 3.05) is 17.7 Å². The molecule has 2 rings (SSSR count). The van der Waals surface area contributed by atoms with Crippen LogP contribution in [0.3, 0.4) is 0 Å². The first-order valence-electron chi connectivity index (χ1n) is 5.78. The summed E-state index contributed by atoms with van der Waals surface area (Å²) in [6.45, 7) is 0.488. The number of rotatable bonds is 5. The van der Waals surface area contributed by atoms with Crippen molar-refractivity contribution < 1.29 is 4.92 Å². The highest BCUT2D eigenvalue weighted by Gasteiger charge is 2.18.